The van der Waals surface area contributed by atoms with E-state index in [0.29, 0.717) is 25.1 Å². The number of halogens is 1. The lowest BCUT2D eigenvalue weighted by Crippen LogP contribution is -2.57. The summed E-state index contributed by atoms with van der Waals surface area (Å²) in [5, 5.41) is 16.0. The van der Waals surface area contributed by atoms with E-state index in [9.17, 15) is 19.5 Å². The number of nitrogens with one attached hydrogen (secondary N) is 2. The maximum Gasteiger partial charge on any atom is 0.244 e. The van der Waals surface area contributed by atoms with Gasteiger partial charge in [0.2, 0.25) is 17.7 Å². The van der Waals surface area contributed by atoms with Crippen molar-refractivity contribution in [1.29, 1.82) is 0 Å². The van der Waals surface area contributed by atoms with Crippen molar-refractivity contribution >= 4 is 51.1 Å². The van der Waals surface area contributed by atoms with Crippen molar-refractivity contribution in [3.8, 4) is 0 Å². The normalized spacial score (nSPS) is 33.2. The van der Waals surface area contributed by atoms with E-state index in [1.165, 1.54) is 0 Å². The van der Waals surface area contributed by atoms with Crippen LogP contribution in [0, 0.1) is 11.8 Å². The smallest absolute Gasteiger partial charge is 0.244 e. The molecule has 2 bridgehead atoms. The number of amides is 3. The van der Waals surface area contributed by atoms with Gasteiger partial charge in [-0.2, -0.15) is 0 Å². The summed E-state index contributed by atoms with van der Waals surface area (Å²) in [6.07, 6.45) is 2.99. The van der Waals surface area contributed by atoms with Crippen LogP contribution < -0.4 is 10.6 Å². The molecule has 1 aromatic rings. The molecule has 3 N–H and O–H groups in total. The van der Waals surface area contributed by atoms with E-state index >= 15 is 0 Å². The fourth-order valence-corrected chi connectivity index (χ4v) is 9.31. The van der Waals surface area contributed by atoms with Gasteiger partial charge in [0.05, 0.1) is 29.2 Å². The largest absolute Gasteiger partial charge is 0.394 e. The molecular weight excluding hydrogens is 506 g/mol. The molecule has 33 heavy (non-hydrogen) atoms. The number of unbranched alkanes of at least 4 members (excludes halogenated alkanes) is 1. The Hall–Kier alpha value is -1.58. The van der Waals surface area contributed by atoms with Crippen LogP contribution >= 0.6 is 27.7 Å². The molecule has 3 amide bonds. The number of para-hydroxylation sites is 1. The van der Waals surface area contributed by atoms with Crippen LogP contribution in [0.3, 0.4) is 0 Å². The highest BCUT2D eigenvalue weighted by molar-refractivity contribution is 9.09. The van der Waals surface area contributed by atoms with E-state index in [1.54, 1.807) is 16.7 Å². The molecule has 7 nitrogen and oxygen atoms in total. The molecule has 0 aliphatic carbocycles. The number of aliphatic hydroxyl groups excluding tert-OH is 1. The molecule has 3 saturated heterocycles. The van der Waals surface area contributed by atoms with Gasteiger partial charge in [-0.05, 0) is 31.4 Å². The molecule has 0 aromatic heterocycles. The Labute approximate surface area is 207 Å². The number of fused-ring (bicyclic) bond motifs is 1. The highest BCUT2D eigenvalue weighted by Gasteiger charge is 2.76. The maximum atomic E-state index is 13.9. The predicted molar refractivity (Wildman–Crippen MR) is 133 cm³/mol. The minimum atomic E-state index is -0.700. The molecule has 7 atom stereocenters. The van der Waals surface area contributed by atoms with Gasteiger partial charge >= 0.3 is 0 Å². The Morgan fingerprint density at radius 3 is 2.64 bits per heavy atom. The predicted octanol–water partition coefficient (Wildman–Crippen LogP) is 2.78. The number of carbonyl (C=O) groups is 3. The standard InChI is InChI=1S/C24H32BrN3O4S/c1-3-5-11-26-22(31)20-24-12-16(25)19(33-24)17(21(30)27-14-9-7-6-8-10-14)18(24)23(32)28(20)15(4-2)13-29/h6-10,15-20,29H,3-5,11-13H2,1-2H3,(H,26,31)(H,27,30)/t15-,16?,17-,18-,19-,20?,24?/m0/s1. The zero-order valence-electron chi connectivity index (χ0n) is 19.0. The second-order valence-corrected chi connectivity index (χ2v) is 11.9. The highest BCUT2D eigenvalue weighted by atomic mass is 79.9. The number of carbonyl (C=O) groups excluding carboxylic acids is 3. The number of alkyl halides is 1. The molecule has 3 heterocycles. The van der Waals surface area contributed by atoms with Crippen LogP contribution in [0.2, 0.25) is 0 Å². The zero-order chi connectivity index (χ0) is 23.8. The number of benzene rings is 1. The van der Waals surface area contributed by atoms with Crippen molar-refractivity contribution in [3.63, 3.8) is 0 Å². The van der Waals surface area contributed by atoms with Crippen molar-refractivity contribution in [2.75, 3.05) is 18.5 Å². The number of rotatable bonds is 9. The summed E-state index contributed by atoms with van der Waals surface area (Å²) < 4.78 is -0.687. The number of aliphatic hydroxyl groups is 1. The van der Waals surface area contributed by atoms with Crippen molar-refractivity contribution in [2.24, 2.45) is 11.8 Å². The van der Waals surface area contributed by atoms with Crippen LogP contribution in [0.25, 0.3) is 0 Å². The first kappa shape index (κ1) is 24.5. The van der Waals surface area contributed by atoms with E-state index in [2.05, 4.69) is 33.5 Å². The fraction of sp³-hybridized carbons (Fsp3) is 0.625. The molecule has 1 spiro atoms. The number of hydrogen-bond acceptors (Lipinski definition) is 5. The third-order valence-electron chi connectivity index (χ3n) is 7.22. The lowest BCUT2D eigenvalue weighted by molar-refractivity contribution is -0.142. The van der Waals surface area contributed by atoms with Crippen LogP contribution in [0.4, 0.5) is 5.69 Å². The van der Waals surface area contributed by atoms with Gasteiger partial charge in [0.25, 0.3) is 0 Å². The molecule has 3 fully saturated rings. The Bertz CT molecular complexity index is 899. The summed E-state index contributed by atoms with van der Waals surface area (Å²) in [4.78, 5) is 42.5. The molecule has 4 rings (SSSR count). The minimum Gasteiger partial charge on any atom is -0.394 e. The van der Waals surface area contributed by atoms with Gasteiger partial charge < -0.3 is 20.6 Å². The first-order chi connectivity index (χ1) is 15.9. The van der Waals surface area contributed by atoms with E-state index in [0.717, 1.165) is 12.8 Å². The van der Waals surface area contributed by atoms with Gasteiger partial charge in [0.1, 0.15) is 6.04 Å². The molecule has 0 saturated carbocycles. The lowest BCUT2D eigenvalue weighted by atomic mass is 9.70. The van der Waals surface area contributed by atoms with Crippen molar-refractivity contribution < 1.29 is 19.5 Å². The lowest BCUT2D eigenvalue weighted by Gasteiger charge is -2.37. The Balaban J connectivity index is 1.70. The summed E-state index contributed by atoms with van der Waals surface area (Å²) >= 11 is 5.37. The third-order valence-corrected chi connectivity index (χ3v) is 10.4. The first-order valence-electron chi connectivity index (χ1n) is 11.8. The van der Waals surface area contributed by atoms with Gasteiger partial charge in [-0.3, -0.25) is 14.4 Å². The topological polar surface area (TPSA) is 98.7 Å². The third kappa shape index (κ3) is 4.10. The molecule has 180 valence electrons. The number of nitrogens with zero attached hydrogens (tertiary/aromatic N) is 1. The summed E-state index contributed by atoms with van der Waals surface area (Å²) in [7, 11) is 0. The van der Waals surface area contributed by atoms with E-state index < -0.39 is 28.7 Å². The molecule has 3 aliphatic heterocycles. The maximum absolute atomic E-state index is 13.9. The van der Waals surface area contributed by atoms with Crippen LogP contribution in [0.5, 0.6) is 0 Å². The Kier molecular flexibility index (Phi) is 7.41. The Morgan fingerprint density at radius 1 is 1.27 bits per heavy atom. The molecule has 3 aliphatic rings. The minimum absolute atomic E-state index is 0.0261. The average Bonchev–Trinajstić information content (AvgIpc) is 3.39. The summed E-state index contributed by atoms with van der Waals surface area (Å²) in [6.45, 7) is 4.30. The van der Waals surface area contributed by atoms with Crippen molar-refractivity contribution in [3.05, 3.63) is 30.3 Å². The summed E-state index contributed by atoms with van der Waals surface area (Å²) in [5.74, 6) is -1.69. The zero-order valence-corrected chi connectivity index (χ0v) is 21.4. The fourth-order valence-electron chi connectivity index (χ4n) is 5.71. The second-order valence-electron chi connectivity index (χ2n) is 9.15. The van der Waals surface area contributed by atoms with Crippen molar-refractivity contribution in [2.45, 2.75) is 66.4 Å². The highest BCUT2D eigenvalue weighted by Crippen LogP contribution is 2.68. The van der Waals surface area contributed by atoms with Gasteiger partial charge in [0.15, 0.2) is 0 Å². The van der Waals surface area contributed by atoms with Gasteiger partial charge in [0, 0.05) is 22.3 Å². The molecule has 3 unspecified atom stereocenters. The number of hydrogen-bond donors (Lipinski definition) is 3. The van der Waals surface area contributed by atoms with Gasteiger partial charge in [-0.1, -0.05) is 54.4 Å². The van der Waals surface area contributed by atoms with Gasteiger partial charge in [-0.25, -0.2) is 0 Å². The number of anilines is 1. The van der Waals surface area contributed by atoms with Crippen molar-refractivity contribution in [1.82, 2.24) is 10.2 Å². The van der Waals surface area contributed by atoms with E-state index in [-0.39, 0.29) is 34.4 Å². The molecule has 1 aromatic carbocycles. The van der Waals surface area contributed by atoms with Crippen LogP contribution in [0.1, 0.15) is 39.5 Å². The molecule has 0 radical (unpaired) electrons. The monoisotopic (exact) mass is 537 g/mol. The summed E-state index contributed by atoms with van der Waals surface area (Å²) in [5.41, 5.74) is 0.688. The second kappa shape index (κ2) is 9.96. The molecular formula is C24H32BrN3O4S. The number of thioether (sulfide) groups is 1. The molecule has 9 heteroatoms. The first-order valence-corrected chi connectivity index (χ1v) is 13.6. The SMILES string of the molecule is CCCCNC(=O)C1N([C@@H](CC)CO)C(=O)[C@@H]2[C@H](C(=O)Nc3ccccc3)[C@H]3SC12CC3Br. The van der Waals surface area contributed by atoms with E-state index in [1.807, 2.05) is 37.3 Å². The van der Waals surface area contributed by atoms with Crippen LogP contribution in [0.15, 0.2) is 30.3 Å². The van der Waals surface area contributed by atoms with E-state index in [4.69, 9.17) is 0 Å². The average molecular weight is 539 g/mol. The summed E-state index contributed by atoms with van der Waals surface area (Å²) in [6, 6.07) is 8.08. The quantitative estimate of drug-likeness (QED) is 0.332. The van der Waals surface area contributed by atoms with Crippen LogP contribution in [-0.4, -0.2) is 67.8 Å². The Morgan fingerprint density at radius 2 is 2.00 bits per heavy atom. The number of likely N-dealkylation sites (tertiary alicyclic amines) is 1. The van der Waals surface area contributed by atoms with Gasteiger partial charge in [-0.15, -0.1) is 11.8 Å². The van der Waals surface area contributed by atoms with Crippen LogP contribution in [-0.2, 0) is 14.4 Å².